The zero-order valence-electron chi connectivity index (χ0n) is 17.1. The molecule has 0 saturated carbocycles. The van der Waals surface area contributed by atoms with Crippen LogP contribution in [0.25, 0.3) is 0 Å². The van der Waals surface area contributed by atoms with Crippen LogP contribution in [0.3, 0.4) is 0 Å². The Bertz CT molecular complexity index is 872. The second-order valence-electron chi connectivity index (χ2n) is 6.60. The Hall–Kier alpha value is -2.71. The summed E-state index contributed by atoms with van der Waals surface area (Å²) in [6, 6.07) is 22.5. The van der Waals surface area contributed by atoms with Crippen molar-refractivity contribution in [3.05, 3.63) is 89.5 Å². The summed E-state index contributed by atoms with van der Waals surface area (Å²) < 4.78 is 31.7. The van der Waals surface area contributed by atoms with E-state index in [-0.39, 0.29) is 0 Å². The van der Waals surface area contributed by atoms with Crippen molar-refractivity contribution in [2.75, 3.05) is 0 Å². The van der Waals surface area contributed by atoms with Gasteiger partial charge in [0.15, 0.2) is 0 Å². The highest BCUT2D eigenvalue weighted by Gasteiger charge is 2.35. The SMILES string of the molecule is CCc1ccccc1OP(=O)(Oc1ccccc1CC)Oc1ccccc1CC. The van der Waals surface area contributed by atoms with Gasteiger partial charge in [-0.3, -0.25) is 0 Å². The molecular formula is C24H27O4P. The molecule has 0 unspecified atom stereocenters. The van der Waals surface area contributed by atoms with E-state index in [9.17, 15) is 4.57 Å². The van der Waals surface area contributed by atoms with E-state index in [0.717, 1.165) is 36.0 Å². The summed E-state index contributed by atoms with van der Waals surface area (Å²) >= 11 is 0. The molecule has 0 radical (unpaired) electrons. The Morgan fingerprint density at radius 1 is 0.552 bits per heavy atom. The van der Waals surface area contributed by atoms with Gasteiger partial charge in [0.2, 0.25) is 0 Å². The van der Waals surface area contributed by atoms with Crippen LogP contribution in [-0.4, -0.2) is 0 Å². The van der Waals surface area contributed by atoms with Crippen LogP contribution in [0.4, 0.5) is 0 Å². The normalized spacial score (nSPS) is 11.1. The Morgan fingerprint density at radius 3 is 1.10 bits per heavy atom. The molecule has 0 heterocycles. The molecule has 0 fully saturated rings. The lowest BCUT2D eigenvalue weighted by Crippen LogP contribution is -2.10. The van der Waals surface area contributed by atoms with Crippen LogP contribution in [0.2, 0.25) is 0 Å². The molecule has 5 heteroatoms. The maximum Gasteiger partial charge on any atom is 0.647 e. The second-order valence-corrected chi connectivity index (χ2v) is 8.05. The van der Waals surface area contributed by atoms with Gasteiger partial charge in [-0.1, -0.05) is 75.4 Å². The van der Waals surface area contributed by atoms with Crippen LogP contribution in [-0.2, 0) is 23.8 Å². The second kappa shape index (κ2) is 9.67. The van der Waals surface area contributed by atoms with Crippen LogP contribution in [0, 0.1) is 0 Å². The monoisotopic (exact) mass is 410 g/mol. The average molecular weight is 410 g/mol. The summed E-state index contributed by atoms with van der Waals surface area (Å²) in [5, 5.41) is 0. The summed E-state index contributed by atoms with van der Waals surface area (Å²) in [5.41, 5.74) is 2.81. The van der Waals surface area contributed by atoms with Crippen molar-refractivity contribution in [2.45, 2.75) is 40.0 Å². The van der Waals surface area contributed by atoms with E-state index in [2.05, 4.69) is 0 Å². The number of hydrogen-bond donors (Lipinski definition) is 0. The van der Waals surface area contributed by atoms with E-state index in [1.54, 1.807) is 18.2 Å². The lowest BCUT2D eigenvalue weighted by atomic mass is 10.1. The van der Waals surface area contributed by atoms with E-state index < -0.39 is 7.82 Å². The number of rotatable bonds is 9. The topological polar surface area (TPSA) is 44.8 Å². The third-order valence-corrected chi connectivity index (χ3v) is 5.95. The molecule has 0 spiro atoms. The fourth-order valence-corrected chi connectivity index (χ4v) is 4.44. The molecule has 0 aliphatic carbocycles. The van der Waals surface area contributed by atoms with Gasteiger partial charge in [-0.15, -0.1) is 0 Å². The molecule has 3 rings (SSSR count). The molecule has 0 amide bonds. The van der Waals surface area contributed by atoms with Crippen molar-refractivity contribution in [1.82, 2.24) is 0 Å². The minimum Gasteiger partial charge on any atom is -0.386 e. The molecular weight excluding hydrogens is 383 g/mol. The Morgan fingerprint density at radius 2 is 0.828 bits per heavy atom. The van der Waals surface area contributed by atoms with Crippen LogP contribution in [0.15, 0.2) is 72.8 Å². The van der Waals surface area contributed by atoms with Crippen LogP contribution in [0.1, 0.15) is 37.5 Å². The third-order valence-electron chi connectivity index (χ3n) is 4.69. The van der Waals surface area contributed by atoms with Gasteiger partial charge >= 0.3 is 7.82 Å². The molecule has 3 aromatic rings. The summed E-state index contributed by atoms with van der Waals surface area (Å²) in [7, 11) is -4.01. The summed E-state index contributed by atoms with van der Waals surface area (Å²) in [6.45, 7) is 6.06. The van der Waals surface area contributed by atoms with Gasteiger partial charge in [0.25, 0.3) is 0 Å². The van der Waals surface area contributed by atoms with Crippen LogP contribution < -0.4 is 13.6 Å². The lowest BCUT2D eigenvalue weighted by molar-refractivity contribution is 0.295. The number of phosphoric acid groups is 1. The van der Waals surface area contributed by atoms with Crippen molar-refractivity contribution < 1.29 is 18.1 Å². The van der Waals surface area contributed by atoms with Gasteiger partial charge in [-0.2, -0.15) is 4.57 Å². The highest BCUT2D eigenvalue weighted by molar-refractivity contribution is 7.49. The minimum atomic E-state index is -4.01. The molecule has 4 nitrogen and oxygen atoms in total. The Balaban J connectivity index is 2.01. The first-order valence-corrected chi connectivity index (χ1v) is 11.5. The van der Waals surface area contributed by atoms with Crippen molar-refractivity contribution in [3.8, 4) is 17.2 Å². The maximum atomic E-state index is 13.9. The van der Waals surface area contributed by atoms with E-state index >= 15 is 0 Å². The summed E-state index contributed by atoms with van der Waals surface area (Å²) in [6.07, 6.45) is 2.23. The van der Waals surface area contributed by atoms with E-state index in [1.165, 1.54) is 0 Å². The molecule has 3 aromatic carbocycles. The van der Waals surface area contributed by atoms with Gasteiger partial charge in [0.05, 0.1) is 0 Å². The minimum absolute atomic E-state index is 0.501. The zero-order valence-corrected chi connectivity index (χ0v) is 18.0. The predicted octanol–water partition coefficient (Wildman–Crippen LogP) is 7.02. The fraction of sp³-hybridized carbons (Fsp3) is 0.250. The van der Waals surface area contributed by atoms with Gasteiger partial charge in [0.1, 0.15) is 17.2 Å². The van der Waals surface area contributed by atoms with Gasteiger partial charge in [-0.05, 0) is 54.2 Å². The maximum absolute atomic E-state index is 13.9. The lowest BCUT2D eigenvalue weighted by Gasteiger charge is -2.22. The summed E-state index contributed by atoms with van der Waals surface area (Å²) in [4.78, 5) is 0. The number of para-hydroxylation sites is 3. The van der Waals surface area contributed by atoms with Gasteiger partial charge in [-0.25, -0.2) is 0 Å². The van der Waals surface area contributed by atoms with Gasteiger partial charge < -0.3 is 13.6 Å². The number of phosphoric ester groups is 1. The standard InChI is InChI=1S/C24H27O4P/c1-4-19-13-7-10-16-22(19)26-29(25,27-23-17-11-8-14-20(23)5-2)28-24-18-12-9-15-21(24)6-3/h7-18H,4-6H2,1-3H3. The van der Waals surface area contributed by atoms with E-state index in [4.69, 9.17) is 13.6 Å². The number of benzene rings is 3. The third kappa shape index (κ3) is 5.21. The van der Waals surface area contributed by atoms with Crippen molar-refractivity contribution in [2.24, 2.45) is 0 Å². The first kappa shape index (κ1) is 21.0. The smallest absolute Gasteiger partial charge is 0.386 e. The highest BCUT2D eigenvalue weighted by atomic mass is 31.2. The van der Waals surface area contributed by atoms with Crippen molar-refractivity contribution >= 4 is 7.82 Å². The fourth-order valence-electron chi connectivity index (χ4n) is 3.07. The average Bonchev–Trinajstić information content (AvgIpc) is 2.74. The predicted molar refractivity (Wildman–Crippen MR) is 117 cm³/mol. The zero-order chi connectivity index (χ0) is 20.7. The number of hydrogen-bond acceptors (Lipinski definition) is 4. The highest BCUT2D eigenvalue weighted by Crippen LogP contribution is 2.51. The first-order valence-electron chi connectivity index (χ1n) is 10.0. The quantitative estimate of drug-likeness (QED) is 0.356. The van der Waals surface area contributed by atoms with Crippen molar-refractivity contribution in [1.29, 1.82) is 0 Å². The van der Waals surface area contributed by atoms with Crippen LogP contribution >= 0.6 is 7.82 Å². The molecule has 0 atom stereocenters. The molecule has 0 aliphatic rings. The molecule has 0 bridgehead atoms. The molecule has 0 aliphatic heterocycles. The molecule has 0 aromatic heterocycles. The molecule has 0 N–H and O–H groups in total. The van der Waals surface area contributed by atoms with Crippen LogP contribution in [0.5, 0.6) is 17.2 Å². The number of aryl methyl sites for hydroxylation is 3. The van der Waals surface area contributed by atoms with E-state index in [0.29, 0.717) is 17.2 Å². The Labute approximate surface area is 173 Å². The molecule has 152 valence electrons. The van der Waals surface area contributed by atoms with Gasteiger partial charge in [0, 0.05) is 0 Å². The first-order chi connectivity index (χ1) is 14.1. The Kier molecular flexibility index (Phi) is 7.00. The molecule has 29 heavy (non-hydrogen) atoms. The van der Waals surface area contributed by atoms with Crippen molar-refractivity contribution in [3.63, 3.8) is 0 Å². The van der Waals surface area contributed by atoms with E-state index in [1.807, 2.05) is 75.4 Å². The largest absolute Gasteiger partial charge is 0.647 e. The summed E-state index contributed by atoms with van der Waals surface area (Å²) in [5.74, 6) is 1.50. The molecule has 0 saturated heterocycles.